The van der Waals surface area contributed by atoms with Crippen LogP contribution in [-0.4, -0.2) is 50.5 Å². The molecule has 0 aromatic heterocycles. The van der Waals surface area contributed by atoms with Crippen molar-refractivity contribution in [2.24, 2.45) is 0 Å². The van der Waals surface area contributed by atoms with Gasteiger partial charge in [-0.2, -0.15) is 0 Å². The molecule has 9 nitrogen and oxygen atoms in total. The number of carbonyl (C=O) groups excluding carboxylic acids is 2. The molecular formula is C21H25N5O4S2. The van der Waals surface area contributed by atoms with Crippen molar-refractivity contribution < 1.29 is 18.0 Å². The summed E-state index contributed by atoms with van der Waals surface area (Å²) in [6, 6.07) is 10.1. The number of thioether (sulfide) groups is 1. The van der Waals surface area contributed by atoms with E-state index in [1.165, 1.54) is 16.7 Å². The Kier molecular flexibility index (Phi) is 6.20. The summed E-state index contributed by atoms with van der Waals surface area (Å²) in [5.74, 6) is 0.232. The monoisotopic (exact) mass is 475 g/mol. The molecule has 0 bridgehead atoms. The molecule has 11 heteroatoms. The third kappa shape index (κ3) is 4.63. The number of nitrogens with zero attached hydrogens (tertiary/aromatic N) is 1. The van der Waals surface area contributed by atoms with Gasteiger partial charge in [-0.1, -0.05) is 12.1 Å². The molecule has 2 aromatic carbocycles. The van der Waals surface area contributed by atoms with Crippen molar-refractivity contribution in [3.8, 4) is 0 Å². The van der Waals surface area contributed by atoms with Crippen LogP contribution in [0.3, 0.4) is 0 Å². The summed E-state index contributed by atoms with van der Waals surface area (Å²) >= 11 is 1.46. The molecule has 170 valence electrons. The van der Waals surface area contributed by atoms with Crippen LogP contribution in [0.15, 0.2) is 41.3 Å². The fourth-order valence-electron chi connectivity index (χ4n) is 3.72. The van der Waals surface area contributed by atoms with E-state index >= 15 is 0 Å². The van der Waals surface area contributed by atoms with Crippen molar-refractivity contribution in [2.45, 2.75) is 29.7 Å². The number of fused-ring (bicyclic) bond motifs is 2. The fourth-order valence-corrected chi connectivity index (χ4v) is 5.97. The predicted molar refractivity (Wildman–Crippen MR) is 126 cm³/mol. The number of hydrogen-bond donors (Lipinski definition) is 4. The molecule has 2 heterocycles. The van der Waals surface area contributed by atoms with Crippen LogP contribution in [0.1, 0.15) is 17.5 Å². The van der Waals surface area contributed by atoms with Gasteiger partial charge in [0.25, 0.3) is 10.0 Å². The maximum atomic E-state index is 13.3. The Bertz CT molecular complexity index is 1170. The van der Waals surface area contributed by atoms with Crippen LogP contribution in [0.5, 0.6) is 0 Å². The number of hydrogen-bond acceptors (Lipinski definition) is 6. The van der Waals surface area contributed by atoms with Crippen molar-refractivity contribution >= 4 is 50.8 Å². The standard InChI is InChI=1S/C21H25N5O4S2/c1-22-18(27)12-31-19-9-6-13-4-3-5-17(20(13)24-19)32(29,30)25-15-7-8-16-14(10-15)11-26(2)21(28)23-16/h3-5,7-8,10,19,24-25H,6,9,11-12H2,1-2H3,(H,22,27)(H,23,28). The van der Waals surface area contributed by atoms with Crippen LogP contribution >= 0.6 is 11.8 Å². The normalized spacial score (nSPS) is 17.5. The maximum Gasteiger partial charge on any atom is 0.321 e. The number of urea groups is 1. The zero-order chi connectivity index (χ0) is 22.9. The van der Waals surface area contributed by atoms with Gasteiger partial charge in [-0.15, -0.1) is 11.8 Å². The van der Waals surface area contributed by atoms with E-state index < -0.39 is 10.0 Å². The molecule has 0 aliphatic carbocycles. The van der Waals surface area contributed by atoms with E-state index in [1.807, 2.05) is 6.07 Å². The predicted octanol–water partition coefficient (Wildman–Crippen LogP) is 2.63. The minimum atomic E-state index is -3.87. The van der Waals surface area contributed by atoms with Crippen LogP contribution < -0.4 is 20.7 Å². The van der Waals surface area contributed by atoms with Crippen molar-refractivity contribution in [3.63, 3.8) is 0 Å². The molecule has 0 radical (unpaired) electrons. The summed E-state index contributed by atoms with van der Waals surface area (Å²) in [5.41, 5.74) is 3.43. The number of para-hydroxylation sites is 1. The Balaban J connectivity index is 1.56. The number of nitrogens with one attached hydrogen (secondary N) is 4. The third-order valence-electron chi connectivity index (χ3n) is 5.43. The highest BCUT2D eigenvalue weighted by atomic mass is 32.2. The summed E-state index contributed by atoms with van der Waals surface area (Å²) in [5, 5.41) is 8.61. The molecule has 2 aliphatic rings. The van der Waals surface area contributed by atoms with Gasteiger partial charge in [0.2, 0.25) is 5.91 Å². The van der Waals surface area contributed by atoms with E-state index in [9.17, 15) is 18.0 Å². The lowest BCUT2D eigenvalue weighted by molar-refractivity contribution is -0.118. The average molecular weight is 476 g/mol. The van der Waals surface area contributed by atoms with E-state index in [4.69, 9.17) is 0 Å². The highest BCUT2D eigenvalue weighted by Crippen LogP contribution is 2.35. The van der Waals surface area contributed by atoms with E-state index in [-0.39, 0.29) is 22.2 Å². The smallest absolute Gasteiger partial charge is 0.321 e. The third-order valence-corrected chi connectivity index (χ3v) is 8.04. The number of benzene rings is 2. The van der Waals surface area contributed by atoms with Crippen LogP contribution in [0.4, 0.5) is 21.9 Å². The second-order valence-corrected chi connectivity index (χ2v) is 10.6. The topological polar surface area (TPSA) is 120 Å². The van der Waals surface area contributed by atoms with E-state index in [1.54, 1.807) is 44.4 Å². The first-order chi connectivity index (χ1) is 15.3. The fraction of sp³-hybridized carbons (Fsp3) is 0.333. The number of anilines is 3. The van der Waals surface area contributed by atoms with Crippen molar-refractivity contribution in [1.29, 1.82) is 0 Å². The first-order valence-corrected chi connectivity index (χ1v) is 12.7. The number of aryl methyl sites for hydroxylation is 1. The number of amides is 3. The summed E-state index contributed by atoms with van der Waals surface area (Å²) in [4.78, 5) is 25.1. The molecule has 0 saturated heterocycles. The molecule has 0 saturated carbocycles. The summed E-state index contributed by atoms with van der Waals surface area (Å²) < 4.78 is 29.2. The van der Waals surface area contributed by atoms with E-state index in [0.29, 0.717) is 29.4 Å². The zero-order valence-corrected chi connectivity index (χ0v) is 19.4. The largest absolute Gasteiger partial charge is 0.372 e. The molecule has 0 spiro atoms. The Hall–Kier alpha value is -2.92. The van der Waals surface area contributed by atoms with Gasteiger partial charge in [-0.25, -0.2) is 13.2 Å². The van der Waals surface area contributed by atoms with E-state index in [0.717, 1.165) is 24.0 Å². The minimum absolute atomic E-state index is 0.0564. The molecule has 3 amide bonds. The number of sulfonamides is 1. The summed E-state index contributed by atoms with van der Waals surface area (Å²) in [7, 11) is -0.598. The molecule has 32 heavy (non-hydrogen) atoms. The van der Waals surface area contributed by atoms with E-state index in [2.05, 4.69) is 20.7 Å². The number of carbonyl (C=O) groups is 2. The lowest BCUT2D eigenvalue weighted by atomic mass is 10.0. The molecular weight excluding hydrogens is 450 g/mol. The second kappa shape index (κ2) is 8.91. The molecule has 2 aromatic rings. The highest BCUT2D eigenvalue weighted by molar-refractivity contribution is 8.00. The first kappa shape index (κ1) is 22.3. The quantitative estimate of drug-likeness (QED) is 0.510. The van der Waals surface area contributed by atoms with Crippen molar-refractivity contribution in [3.05, 3.63) is 47.5 Å². The van der Waals surface area contributed by atoms with Gasteiger partial charge in [-0.3, -0.25) is 9.52 Å². The van der Waals surface area contributed by atoms with Gasteiger partial charge < -0.3 is 20.9 Å². The Labute approximate surface area is 191 Å². The van der Waals surface area contributed by atoms with Gasteiger partial charge in [0, 0.05) is 32.0 Å². The maximum absolute atomic E-state index is 13.3. The molecule has 1 unspecified atom stereocenters. The second-order valence-electron chi connectivity index (χ2n) is 7.71. The Morgan fingerprint density at radius 2 is 2.06 bits per heavy atom. The van der Waals surface area contributed by atoms with Gasteiger partial charge in [0.15, 0.2) is 0 Å². The molecule has 4 rings (SSSR count). The van der Waals surface area contributed by atoms with Crippen LogP contribution in [0.25, 0.3) is 0 Å². The van der Waals surface area contributed by atoms with Gasteiger partial charge >= 0.3 is 6.03 Å². The van der Waals surface area contributed by atoms with Gasteiger partial charge in [0.05, 0.1) is 16.8 Å². The average Bonchev–Trinajstić information content (AvgIpc) is 2.77. The Morgan fingerprint density at radius 1 is 1.25 bits per heavy atom. The summed E-state index contributed by atoms with van der Waals surface area (Å²) in [6.45, 7) is 0.392. The zero-order valence-electron chi connectivity index (χ0n) is 17.8. The number of rotatable bonds is 6. The lowest BCUT2D eigenvalue weighted by Crippen LogP contribution is -2.35. The van der Waals surface area contributed by atoms with Crippen LogP contribution in [0.2, 0.25) is 0 Å². The molecule has 1 atom stereocenters. The highest BCUT2D eigenvalue weighted by Gasteiger charge is 2.27. The van der Waals surface area contributed by atoms with Crippen LogP contribution in [-0.2, 0) is 27.8 Å². The minimum Gasteiger partial charge on any atom is -0.372 e. The Morgan fingerprint density at radius 3 is 2.84 bits per heavy atom. The molecule has 0 fully saturated rings. The van der Waals surface area contributed by atoms with Crippen molar-refractivity contribution in [2.75, 3.05) is 35.2 Å². The molecule has 4 N–H and O–H groups in total. The first-order valence-electron chi connectivity index (χ1n) is 10.2. The SMILES string of the molecule is CNC(=O)CSC1CCc2cccc(S(=O)(=O)Nc3ccc4c(c3)CN(C)C(=O)N4)c2N1. The van der Waals surface area contributed by atoms with Crippen molar-refractivity contribution in [1.82, 2.24) is 10.2 Å². The lowest BCUT2D eigenvalue weighted by Gasteiger charge is -2.28. The van der Waals surface area contributed by atoms with Gasteiger partial charge in [0.1, 0.15) is 4.90 Å². The van der Waals surface area contributed by atoms with Gasteiger partial charge in [-0.05, 0) is 48.2 Å². The summed E-state index contributed by atoms with van der Waals surface area (Å²) in [6.07, 6.45) is 1.53. The van der Waals surface area contributed by atoms with Crippen LogP contribution in [0, 0.1) is 0 Å². The molecule has 2 aliphatic heterocycles.